The number of hydrogen-bond donors (Lipinski definition) is 2. The normalized spacial score (nSPS) is 19.6. The minimum absolute atomic E-state index is 0.0924. The second kappa shape index (κ2) is 8.91. The molecule has 2 fully saturated rings. The molecule has 2 saturated heterocycles. The SMILES string of the molecule is C=CCn1c(C)c(C)c2cc(C(=O)N3CC4CCC(C3)N4)cc(NCc3ccc(F)cc3C)c21. The van der Waals surface area contributed by atoms with E-state index in [0.717, 1.165) is 53.6 Å². The van der Waals surface area contributed by atoms with Gasteiger partial charge in [-0.3, -0.25) is 4.79 Å². The molecule has 5 nitrogen and oxygen atoms in total. The zero-order valence-corrected chi connectivity index (χ0v) is 20.2. The van der Waals surface area contributed by atoms with Gasteiger partial charge in [0.2, 0.25) is 0 Å². The van der Waals surface area contributed by atoms with Crippen molar-refractivity contribution < 1.29 is 9.18 Å². The molecule has 0 saturated carbocycles. The van der Waals surface area contributed by atoms with E-state index in [1.54, 1.807) is 6.07 Å². The lowest BCUT2D eigenvalue weighted by molar-refractivity contribution is 0.0697. The summed E-state index contributed by atoms with van der Waals surface area (Å²) in [6.45, 7) is 12.9. The summed E-state index contributed by atoms with van der Waals surface area (Å²) in [5, 5.41) is 8.26. The van der Waals surface area contributed by atoms with Crippen molar-refractivity contribution in [2.24, 2.45) is 0 Å². The first-order valence-electron chi connectivity index (χ1n) is 12.1. The highest BCUT2D eigenvalue weighted by molar-refractivity contribution is 6.04. The molecule has 1 amide bonds. The number of carbonyl (C=O) groups excluding carboxylic acids is 1. The molecule has 3 heterocycles. The van der Waals surface area contributed by atoms with Crippen molar-refractivity contribution in [2.45, 2.75) is 58.8 Å². The van der Waals surface area contributed by atoms with Crippen molar-refractivity contribution in [2.75, 3.05) is 18.4 Å². The highest BCUT2D eigenvalue weighted by Crippen LogP contribution is 2.34. The van der Waals surface area contributed by atoms with Gasteiger partial charge in [-0.25, -0.2) is 4.39 Å². The van der Waals surface area contributed by atoms with Gasteiger partial charge in [0.1, 0.15) is 5.82 Å². The smallest absolute Gasteiger partial charge is 0.254 e. The number of piperazine rings is 1. The van der Waals surface area contributed by atoms with Gasteiger partial charge in [0, 0.05) is 54.9 Å². The van der Waals surface area contributed by atoms with Gasteiger partial charge in [0.25, 0.3) is 5.91 Å². The number of rotatable bonds is 6. The maximum atomic E-state index is 13.6. The summed E-state index contributed by atoms with van der Waals surface area (Å²) >= 11 is 0. The third-order valence-electron chi connectivity index (χ3n) is 7.57. The average Bonchev–Trinajstić information content (AvgIpc) is 3.28. The highest BCUT2D eigenvalue weighted by Gasteiger charge is 2.34. The molecule has 178 valence electrons. The Kier molecular flexibility index (Phi) is 5.94. The van der Waals surface area contributed by atoms with Crippen molar-refractivity contribution in [3.05, 3.63) is 76.8 Å². The molecular formula is C28H33FN4O. The monoisotopic (exact) mass is 460 g/mol. The molecule has 5 rings (SSSR count). The van der Waals surface area contributed by atoms with Crippen LogP contribution in [0.15, 0.2) is 43.0 Å². The summed E-state index contributed by atoms with van der Waals surface area (Å²) in [7, 11) is 0. The predicted molar refractivity (Wildman–Crippen MR) is 136 cm³/mol. The maximum Gasteiger partial charge on any atom is 0.254 e. The van der Waals surface area contributed by atoms with Crippen LogP contribution in [0.1, 0.15) is 45.6 Å². The van der Waals surface area contributed by atoms with E-state index in [4.69, 9.17) is 0 Å². The van der Waals surface area contributed by atoms with Crippen LogP contribution in [0, 0.1) is 26.6 Å². The molecular weight excluding hydrogens is 427 g/mol. The Morgan fingerprint density at radius 2 is 1.91 bits per heavy atom. The fourth-order valence-corrected chi connectivity index (χ4v) is 5.59. The summed E-state index contributed by atoms with van der Waals surface area (Å²) in [6, 6.07) is 9.72. The summed E-state index contributed by atoms with van der Waals surface area (Å²) in [5.74, 6) is -0.137. The molecule has 0 spiro atoms. The summed E-state index contributed by atoms with van der Waals surface area (Å²) in [6.07, 6.45) is 4.18. The maximum absolute atomic E-state index is 13.6. The third-order valence-corrected chi connectivity index (χ3v) is 7.57. The van der Waals surface area contributed by atoms with Gasteiger partial charge >= 0.3 is 0 Å². The van der Waals surface area contributed by atoms with E-state index >= 15 is 0 Å². The van der Waals surface area contributed by atoms with Crippen LogP contribution in [-0.2, 0) is 13.1 Å². The van der Waals surface area contributed by atoms with Gasteiger partial charge in [-0.15, -0.1) is 6.58 Å². The van der Waals surface area contributed by atoms with Gasteiger partial charge < -0.3 is 20.1 Å². The van der Waals surface area contributed by atoms with Crippen molar-refractivity contribution >= 4 is 22.5 Å². The van der Waals surface area contributed by atoms with E-state index in [0.29, 0.717) is 30.7 Å². The number of carbonyl (C=O) groups is 1. The number of nitrogens with zero attached hydrogens (tertiary/aromatic N) is 2. The lowest BCUT2D eigenvalue weighted by Gasteiger charge is -2.33. The molecule has 2 bridgehead atoms. The quantitative estimate of drug-likeness (QED) is 0.505. The minimum Gasteiger partial charge on any atom is -0.379 e. The molecule has 2 aromatic carbocycles. The summed E-state index contributed by atoms with van der Waals surface area (Å²) in [5.41, 5.74) is 6.98. The van der Waals surface area contributed by atoms with Crippen molar-refractivity contribution in [3.8, 4) is 0 Å². The third kappa shape index (κ3) is 4.00. The molecule has 2 aliphatic rings. The lowest BCUT2D eigenvalue weighted by atomic mass is 10.0. The first-order chi connectivity index (χ1) is 16.4. The molecule has 2 unspecified atom stereocenters. The largest absolute Gasteiger partial charge is 0.379 e. The van der Waals surface area contributed by atoms with Crippen LogP contribution in [0.5, 0.6) is 0 Å². The standard InChI is InChI=1S/C28H33FN4O/c1-5-10-33-19(4)18(3)25-12-21(28(34)32-15-23-8-9-24(16-32)31-23)13-26(27(25)33)30-14-20-6-7-22(29)11-17(20)2/h5-7,11-13,23-24,30-31H,1,8-10,14-16H2,2-4H3. The first kappa shape index (κ1) is 22.7. The Balaban J connectivity index is 1.55. The van der Waals surface area contributed by atoms with Crippen LogP contribution in [0.4, 0.5) is 10.1 Å². The number of benzene rings is 2. The van der Waals surface area contributed by atoms with Crippen molar-refractivity contribution in [3.63, 3.8) is 0 Å². The highest BCUT2D eigenvalue weighted by atomic mass is 19.1. The van der Waals surface area contributed by atoms with Crippen LogP contribution in [0.3, 0.4) is 0 Å². The molecule has 6 heteroatoms. The Labute approximate surface area is 200 Å². The van der Waals surface area contributed by atoms with Crippen molar-refractivity contribution in [1.82, 2.24) is 14.8 Å². The molecule has 1 aromatic heterocycles. The molecule has 2 aliphatic heterocycles. The van der Waals surface area contributed by atoms with Gasteiger partial charge in [0.05, 0.1) is 11.2 Å². The molecule has 3 aromatic rings. The second-order valence-corrected chi connectivity index (χ2v) is 9.80. The Bertz CT molecular complexity index is 1270. The number of amides is 1. The van der Waals surface area contributed by atoms with E-state index in [1.165, 1.54) is 17.3 Å². The second-order valence-electron chi connectivity index (χ2n) is 9.80. The molecule has 34 heavy (non-hydrogen) atoms. The van der Waals surface area contributed by atoms with E-state index in [1.807, 2.05) is 30.0 Å². The Morgan fingerprint density at radius 1 is 1.18 bits per heavy atom. The van der Waals surface area contributed by atoms with Gasteiger partial charge in [0.15, 0.2) is 0 Å². The zero-order chi connectivity index (χ0) is 24.0. The first-order valence-corrected chi connectivity index (χ1v) is 12.1. The number of nitrogens with one attached hydrogen (secondary N) is 2. The molecule has 2 N–H and O–H groups in total. The average molecular weight is 461 g/mol. The van der Waals surface area contributed by atoms with Gasteiger partial charge in [-0.1, -0.05) is 12.1 Å². The number of fused-ring (bicyclic) bond motifs is 3. The van der Waals surface area contributed by atoms with E-state index in [2.05, 4.69) is 41.7 Å². The predicted octanol–water partition coefficient (Wildman–Crippen LogP) is 5.08. The number of hydrogen-bond acceptors (Lipinski definition) is 3. The topological polar surface area (TPSA) is 49.3 Å². The molecule has 2 atom stereocenters. The van der Waals surface area contributed by atoms with Gasteiger partial charge in [-0.05, 0) is 74.6 Å². The fourth-order valence-electron chi connectivity index (χ4n) is 5.59. The van der Waals surface area contributed by atoms with Crippen LogP contribution in [-0.4, -0.2) is 40.5 Å². The van der Waals surface area contributed by atoms with Crippen LogP contribution in [0.2, 0.25) is 0 Å². The number of aromatic nitrogens is 1. The zero-order valence-electron chi connectivity index (χ0n) is 20.2. The number of anilines is 1. The van der Waals surface area contributed by atoms with E-state index in [-0.39, 0.29) is 11.7 Å². The van der Waals surface area contributed by atoms with Crippen LogP contribution < -0.4 is 10.6 Å². The van der Waals surface area contributed by atoms with E-state index < -0.39 is 0 Å². The number of likely N-dealkylation sites (tertiary alicyclic amines) is 1. The summed E-state index contributed by atoms with van der Waals surface area (Å²) in [4.78, 5) is 15.6. The minimum atomic E-state index is -0.229. The lowest BCUT2D eigenvalue weighted by Crippen LogP contribution is -2.53. The fraction of sp³-hybridized carbons (Fsp3) is 0.393. The van der Waals surface area contributed by atoms with E-state index in [9.17, 15) is 9.18 Å². The molecule has 0 radical (unpaired) electrons. The van der Waals surface area contributed by atoms with Gasteiger partial charge in [-0.2, -0.15) is 0 Å². The number of allylic oxidation sites excluding steroid dienone is 1. The van der Waals surface area contributed by atoms with Crippen molar-refractivity contribution in [1.29, 1.82) is 0 Å². The number of aryl methyl sites for hydroxylation is 2. The van der Waals surface area contributed by atoms with Crippen LogP contribution >= 0.6 is 0 Å². The number of halogens is 1. The molecule has 0 aliphatic carbocycles. The van der Waals surface area contributed by atoms with Crippen LogP contribution in [0.25, 0.3) is 10.9 Å². The summed E-state index contributed by atoms with van der Waals surface area (Å²) < 4.78 is 15.8. The Hall–Kier alpha value is -3.12. The Morgan fingerprint density at radius 3 is 2.59 bits per heavy atom.